The zero-order valence-electron chi connectivity index (χ0n) is 15.3. The normalized spacial score (nSPS) is 12.1. The third-order valence-corrected chi connectivity index (χ3v) is 4.52. The molecule has 0 spiro atoms. The fraction of sp³-hybridized carbons (Fsp3) is 0.368. The first kappa shape index (κ1) is 20.1. The highest BCUT2D eigenvalue weighted by atomic mass is 35.5. The van der Waals surface area contributed by atoms with E-state index in [0.717, 1.165) is 22.5 Å². The van der Waals surface area contributed by atoms with Gasteiger partial charge < -0.3 is 10.1 Å². The Morgan fingerprint density at radius 3 is 2.85 bits per heavy atom. The number of anilines is 1. The summed E-state index contributed by atoms with van der Waals surface area (Å²) in [5, 5.41) is 3.50. The van der Waals surface area contributed by atoms with Crippen LogP contribution in [-0.2, 0) is 6.54 Å². The van der Waals surface area contributed by atoms with E-state index in [-0.39, 0.29) is 18.5 Å². The van der Waals surface area contributed by atoms with Crippen LogP contribution in [0.4, 0.5) is 10.2 Å². The standard InChI is InChI=1S/C19H24ClFN4O/c1-5-14-6-8-23-18(22-3)16(14)12-25(4)13(2)15-10-17(20)19(24-11-15)26-9-7-21/h5-6,8,10-11,13H,1,7,9,12H2,2-4H3,(H,22,23). The van der Waals surface area contributed by atoms with Crippen molar-refractivity contribution in [1.82, 2.24) is 14.9 Å². The van der Waals surface area contributed by atoms with Gasteiger partial charge >= 0.3 is 0 Å². The number of pyridine rings is 2. The molecule has 2 rings (SSSR count). The lowest BCUT2D eigenvalue weighted by Gasteiger charge is -2.26. The summed E-state index contributed by atoms with van der Waals surface area (Å²) < 4.78 is 17.4. The van der Waals surface area contributed by atoms with Crippen LogP contribution in [0.25, 0.3) is 6.08 Å². The van der Waals surface area contributed by atoms with Gasteiger partial charge in [-0.15, -0.1) is 0 Å². The first-order valence-corrected chi connectivity index (χ1v) is 8.72. The molecule has 7 heteroatoms. The second kappa shape index (κ2) is 9.50. The molecule has 1 atom stereocenters. The number of nitrogens with one attached hydrogen (secondary N) is 1. The van der Waals surface area contributed by atoms with Crippen LogP contribution < -0.4 is 10.1 Å². The van der Waals surface area contributed by atoms with Gasteiger partial charge in [-0.2, -0.15) is 0 Å². The van der Waals surface area contributed by atoms with E-state index in [1.807, 2.05) is 26.2 Å². The Labute approximate surface area is 158 Å². The minimum absolute atomic E-state index is 0.0535. The minimum Gasteiger partial charge on any atom is -0.474 e. The SMILES string of the molecule is C=Cc1ccnc(NC)c1CN(C)C(C)c1cnc(OCCF)c(Cl)c1. The first-order valence-electron chi connectivity index (χ1n) is 8.34. The summed E-state index contributed by atoms with van der Waals surface area (Å²) in [5.74, 6) is 1.08. The Morgan fingerprint density at radius 2 is 2.23 bits per heavy atom. The maximum atomic E-state index is 12.2. The predicted molar refractivity (Wildman–Crippen MR) is 104 cm³/mol. The molecule has 0 aromatic carbocycles. The average molecular weight is 379 g/mol. The molecule has 140 valence electrons. The molecular formula is C19H24ClFN4O. The summed E-state index contributed by atoms with van der Waals surface area (Å²) in [5.41, 5.74) is 3.05. The number of ether oxygens (including phenoxy) is 1. The van der Waals surface area contributed by atoms with E-state index >= 15 is 0 Å². The van der Waals surface area contributed by atoms with Crippen LogP contribution in [0.3, 0.4) is 0 Å². The van der Waals surface area contributed by atoms with Crippen molar-refractivity contribution in [3.63, 3.8) is 0 Å². The third-order valence-electron chi connectivity index (χ3n) is 4.24. The van der Waals surface area contributed by atoms with Gasteiger partial charge in [0.15, 0.2) is 0 Å². The van der Waals surface area contributed by atoms with Gasteiger partial charge in [-0.3, -0.25) is 4.90 Å². The van der Waals surface area contributed by atoms with Crippen molar-refractivity contribution in [2.24, 2.45) is 0 Å². The van der Waals surface area contributed by atoms with Gasteiger partial charge in [0, 0.05) is 37.6 Å². The van der Waals surface area contributed by atoms with Crippen molar-refractivity contribution >= 4 is 23.5 Å². The number of halogens is 2. The highest BCUT2D eigenvalue weighted by Gasteiger charge is 2.17. The lowest BCUT2D eigenvalue weighted by atomic mass is 10.1. The Morgan fingerprint density at radius 1 is 1.46 bits per heavy atom. The van der Waals surface area contributed by atoms with Crippen LogP contribution in [-0.4, -0.2) is 42.2 Å². The minimum atomic E-state index is -0.580. The number of hydrogen-bond acceptors (Lipinski definition) is 5. The van der Waals surface area contributed by atoms with Crippen LogP contribution in [0.15, 0.2) is 31.1 Å². The molecule has 0 saturated carbocycles. The highest BCUT2D eigenvalue weighted by Crippen LogP contribution is 2.29. The summed E-state index contributed by atoms with van der Waals surface area (Å²) in [7, 11) is 3.87. The van der Waals surface area contributed by atoms with Gasteiger partial charge in [-0.25, -0.2) is 14.4 Å². The second-order valence-electron chi connectivity index (χ2n) is 5.87. The van der Waals surface area contributed by atoms with Gasteiger partial charge in [-0.05, 0) is 37.2 Å². The molecular weight excluding hydrogens is 355 g/mol. The van der Waals surface area contributed by atoms with Crippen LogP contribution in [0.1, 0.15) is 29.7 Å². The topological polar surface area (TPSA) is 50.3 Å². The van der Waals surface area contributed by atoms with Gasteiger partial charge in [0.1, 0.15) is 24.1 Å². The Bertz CT molecular complexity index is 756. The summed E-state index contributed by atoms with van der Waals surface area (Å²) in [6.45, 7) is 5.98. The molecule has 0 aliphatic carbocycles. The molecule has 2 aromatic heterocycles. The maximum absolute atomic E-state index is 12.2. The molecule has 0 saturated heterocycles. The molecule has 0 amide bonds. The zero-order chi connectivity index (χ0) is 19.1. The van der Waals surface area contributed by atoms with Crippen LogP contribution in [0.2, 0.25) is 5.02 Å². The molecule has 0 aliphatic heterocycles. The molecule has 1 N–H and O–H groups in total. The van der Waals surface area contributed by atoms with Crippen LogP contribution >= 0.6 is 11.6 Å². The van der Waals surface area contributed by atoms with Crippen molar-refractivity contribution in [1.29, 1.82) is 0 Å². The lowest BCUT2D eigenvalue weighted by molar-refractivity contribution is 0.250. The van der Waals surface area contributed by atoms with Crippen molar-refractivity contribution in [3.05, 3.63) is 52.8 Å². The van der Waals surface area contributed by atoms with Crippen molar-refractivity contribution < 1.29 is 9.13 Å². The van der Waals surface area contributed by atoms with Crippen molar-refractivity contribution in [3.8, 4) is 5.88 Å². The quantitative estimate of drug-likeness (QED) is 0.702. The number of aromatic nitrogens is 2. The summed E-state index contributed by atoms with van der Waals surface area (Å²) in [4.78, 5) is 10.8. The summed E-state index contributed by atoms with van der Waals surface area (Å²) in [6.07, 6.45) is 5.29. The molecule has 0 fully saturated rings. The molecule has 0 radical (unpaired) electrons. The molecule has 0 aliphatic rings. The van der Waals surface area contributed by atoms with Gasteiger partial charge in [0.25, 0.3) is 0 Å². The van der Waals surface area contributed by atoms with Gasteiger partial charge in [0.2, 0.25) is 5.88 Å². The smallest absolute Gasteiger partial charge is 0.232 e. The molecule has 26 heavy (non-hydrogen) atoms. The molecule has 1 unspecified atom stereocenters. The molecule has 2 aromatic rings. The molecule has 2 heterocycles. The number of alkyl halides is 1. The second-order valence-corrected chi connectivity index (χ2v) is 6.27. The van der Waals surface area contributed by atoms with E-state index in [9.17, 15) is 4.39 Å². The van der Waals surface area contributed by atoms with Crippen molar-refractivity contribution in [2.45, 2.75) is 19.5 Å². The Kier molecular flexibility index (Phi) is 7.36. The molecule has 5 nitrogen and oxygen atoms in total. The third kappa shape index (κ3) is 4.71. The molecule has 0 bridgehead atoms. The average Bonchev–Trinajstić information content (AvgIpc) is 2.66. The zero-order valence-corrected chi connectivity index (χ0v) is 16.1. The van der Waals surface area contributed by atoms with Crippen molar-refractivity contribution in [2.75, 3.05) is 32.7 Å². The van der Waals surface area contributed by atoms with Crippen LogP contribution in [0.5, 0.6) is 5.88 Å². The largest absolute Gasteiger partial charge is 0.474 e. The fourth-order valence-electron chi connectivity index (χ4n) is 2.63. The Hall–Kier alpha value is -2.18. The van der Waals surface area contributed by atoms with E-state index in [1.165, 1.54) is 0 Å². The van der Waals surface area contributed by atoms with E-state index in [2.05, 4.69) is 33.7 Å². The highest BCUT2D eigenvalue weighted by molar-refractivity contribution is 6.31. The van der Waals surface area contributed by atoms with E-state index in [0.29, 0.717) is 11.6 Å². The number of rotatable bonds is 9. The maximum Gasteiger partial charge on any atom is 0.232 e. The number of nitrogens with zero attached hydrogens (tertiary/aromatic N) is 3. The Balaban J connectivity index is 2.19. The van der Waals surface area contributed by atoms with Gasteiger partial charge in [-0.1, -0.05) is 24.3 Å². The van der Waals surface area contributed by atoms with E-state index < -0.39 is 6.67 Å². The fourth-order valence-corrected chi connectivity index (χ4v) is 2.86. The van der Waals surface area contributed by atoms with Gasteiger partial charge in [0.05, 0.1) is 0 Å². The summed E-state index contributed by atoms with van der Waals surface area (Å²) in [6, 6.07) is 3.80. The lowest BCUT2D eigenvalue weighted by Crippen LogP contribution is -2.23. The van der Waals surface area contributed by atoms with E-state index in [4.69, 9.17) is 16.3 Å². The predicted octanol–water partition coefficient (Wildman–Crippen LogP) is 4.36. The van der Waals surface area contributed by atoms with E-state index in [1.54, 1.807) is 18.5 Å². The monoisotopic (exact) mass is 378 g/mol. The van der Waals surface area contributed by atoms with Crippen LogP contribution in [0, 0.1) is 0 Å². The first-order chi connectivity index (χ1) is 12.5. The summed E-state index contributed by atoms with van der Waals surface area (Å²) >= 11 is 6.21. The number of hydrogen-bond donors (Lipinski definition) is 1.